The Balaban J connectivity index is 0.00000161. The highest BCUT2D eigenvalue weighted by molar-refractivity contribution is 14.0. The molecule has 1 saturated carbocycles. The van der Waals surface area contributed by atoms with Crippen molar-refractivity contribution in [1.82, 2.24) is 19.8 Å². The molecule has 0 bridgehead atoms. The van der Waals surface area contributed by atoms with Crippen LogP contribution in [0.15, 0.2) is 23.7 Å². The summed E-state index contributed by atoms with van der Waals surface area (Å²) in [5.41, 5.74) is 0.599. The van der Waals surface area contributed by atoms with Crippen LogP contribution in [-0.4, -0.2) is 47.1 Å². The maximum Gasteiger partial charge on any atom is 0.193 e. The minimum Gasteiger partial charge on any atom is -0.354 e. The van der Waals surface area contributed by atoms with Gasteiger partial charge in [0.15, 0.2) is 5.96 Å². The molecular formula is C15H26IN5. The lowest BCUT2D eigenvalue weighted by atomic mass is 9.86. The first-order valence-corrected chi connectivity index (χ1v) is 7.73. The van der Waals surface area contributed by atoms with Crippen LogP contribution in [0.2, 0.25) is 0 Å². The van der Waals surface area contributed by atoms with Gasteiger partial charge in [0.25, 0.3) is 0 Å². The number of rotatable bonds is 3. The Morgan fingerprint density at radius 3 is 2.81 bits per heavy atom. The number of aromatic nitrogens is 2. The molecule has 0 unspecified atom stereocenters. The molecular weight excluding hydrogens is 377 g/mol. The second-order valence-corrected chi connectivity index (χ2v) is 6.15. The molecule has 2 aliphatic rings. The van der Waals surface area contributed by atoms with E-state index < -0.39 is 0 Å². The van der Waals surface area contributed by atoms with Gasteiger partial charge < -0.3 is 14.8 Å². The van der Waals surface area contributed by atoms with E-state index in [1.54, 1.807) is 0 Å². The summed E-state index contributed by atoms with van der Waals surface area (Å²) in [5, 5.41) is 3.48. The molecule has 0 amide bonds. The monoisotopic (exact) mass is 403 g/mol. The molecule has 0 radical (unpaired) electrons. The van der Waals surface area contributed by atoms with Crippen LogP contribution < -0.4 is 5.32 Å². The van der Waals surface area contributed by atoms with Crippen molar-refractivity contribution in [2.45, 2.75) is 38.6 Å². The number of guanidine groups is 1. The molecule has 1 aromatic heterocycles. The van der Waals surface area contributed by atoms with Gasteiger partial charge in [-0.2, -0.15) is 0 Å². The molecule has 1 spiro atoms. The van der Waals surface area contributed by atoms with Crippen LogP contribution in [0.5, 0.6) is 0 Å². The summed E-state index contributed by atoms with van der Waals surface area (Å²) in [6, 6.07) is 0. The van der Waals surface area contributed by atoms with Gasteiger partial charge in [-0.05, 0) is 24.7 Å². The lowest BCUT2D eigenvalue weighted by Crippen LogP contribution is -2.42. The summed E-state index contributed by atoms with van der Waals surface area (Å²) in [5.74, 6) is 1.06. The number of hydrogen-bond acceptors (Lipinski definition) is 2. The Morgan fingerprint density at radius 2 is 2.14 bits per heavy atom. The lowest BCUT2D eigenvalue weighted by Gasteiger charge is -2.25. The van der Waals surface area contributed by atoms with Crippen LogP contribution in [0.25, 0.3) is 0 Å². The van der Waals surface area contributed by atoms with Gasteiger partial charge in [-0.1, -0.05) is 12.8 Å². The van der Waals surface area contributed by atoms with E-state index in [-0.39, 0.29) is 24.0 Å². The Kier molecular flexibility index (Phi) is 5.89. The van der Waals surface area contributed by atoms with Crippen LogP contribution in [-0.2, 0) is 6.54 Å². The van der Waals surface area contributed by atoms with Crippen LogP contribution in [0, 0.1) is 5.41 Å². The summed E-state index contributed by atoms with van der Waals surface area (Å²) >= 11 is 0. The quantitative estimate of drug-likeness (QED) is 0.479. The van der Waals surface area contributed by atoms with Crippen LogP contribution in [0.4, 0.5) is 0 Å². The fourth-order valence-corrected chi connectivity index (χ4v) is 3.70. The number of halogens is 1. The van der Waals surface area contributed by atoms with Crippen molar-refractivity contribution >= 4 is 29.9 Å². The topological polar surface area (TPSA) is 45.5 Å². The standard InChI is InChI=1S/C15H25N5.HI/c1-16-14(18-8-11-19-10-7-17-13-19)20-9-6-15(12-20)4-2-3-5-15;/h7,10,13H,2-6,8-9,11-12H2,1H3,(H,16,18);1H. The van der Waals surface area contributed by atoms with E-state index in [0.29, 0.717) is 5.41 Å². The summed E-state index contributed by atoms with van der Waals surface area (Å²) in [7, 11) is 1.89. The van der Waals surface area contributed by atoms with Crippen molar-refractivity contribution in [1.29, 1.82) is 0 Å². The first-order valence-electron chi connectivity index (χ1n) is 7.73. The summed E-state index contributed by atoms with van der Waals surface area (Å²) in [6.07, 6.45) is 12.7. The minimum atomic E-state index is 0. The summed E-state index contributed by atoms with van der Waals surface area (Å²) in [6.45, 7) is 4.17. The van der Waals surface area contributed by atoms with E-state index in [9.17, 15) is 0 Å². The van der Waals surface area contributed by atoms with Crippen molar-refractivity contribution in [2.75, 3.05) is 26.7 Å². The van der Waals surface area contributed by atoms with Gasteiger partial charge in [0.1, 0.15) is 0 Å². The molecule has 0 atom stereocenters. The van der Waals surface area contributed by atoms with Crippen molar-refractivity contribution in [2.24, 2.45) is 10.4 Å². The molecule has 0 aromatic carbocycles. The average Bonchev–Trinajstić information content (AvgIpc) is 3.19. The molecule has 1 saturated heterocycles. The second kappa shape index (κ2) is 7.47. The van der Waals surface area contributed by atoms with E-state index >= 15 is 0 Å². The van der Waals surface area contributed by atoms with E-state index in [4.69, 9.17) is 0 Å². The highest BCUT2D eigenvalue weighted by Gasteiger charge is 2.40. The summed E-state index contributed by atoms with van der Waals surface area (Å²) < 4.78 is 2.09. The predicted molar refractivity (Wildman–Crippen MR) is 96.1 cm³/mol. The molecule has 118 valence electrons. The highest BCUT2D eigenvalue weighted by Crippen LogP contribution is 2.45. The lowest BCUT2D eigenvalue weighted by molar-refractivity contribution is 0.309. The van der Waals surface area contributed by atoms with E-state index in [1.807, 2.05) is 25.8 Å². The number of likely N-dealkylation sites (tertiary alicyclic amines) is 1. The third kappa shape index (κ3) is 3.90. The van der Waals surface area contributed by atoms with Crippen LogP contribution >= 0.6 is 24.0 Å². The third-order valence-corrected chi connectivity index (χ3v) is 4.83. The molecule has 3 rings (SSSR count). The fraction of sp³-hybridized carbons (Fsp3) is 0.733. The number of imidazole rings is 1. The number of aliphatic imine (C=N–C) groups is 1. The molecule has 1 aliphatic carbocycles. The average molecular weight is 403 g/mol. The van der Waals surface area contributed by atoms with Gasteiger partial charge in [0.05, 0.1) is 6.33 Å². The largest absolute Gasteiger partial charge is 0.354 e. The van der Waals surface area contributed by atoms with Crippen LogP contribution in [0.1, 0.15) is 32.1 Å². The minimum absolute atomic E-state index is 0. The Bertz CT molecular complexity index is 451. The predicted octanol–water partition coefficient (Wildman–Crippen LogP) is 2.34. The zero-order valence-corrected chi connectivity index (χ0v) is 15.1. The van der Waals surface area contributed by atoms with Gasteiger partial charge in [-0.3, -0.25) is 4.99 Å². The Hall–Kier alpha value is -0.790. The van der Waals surface area contributed by atoms with Gasteiger partial charge >= 0.3 is 0 Å². The molecule has 6 heteroatoms. The second-order valence-electron chi connectivity index (χ2n) is 6.15. The SMILES string of the molecule is CN=C(NCCn1ccnc1)N1CCC2(CCCC2)C1.I. The van der Waals surface area contributed by atoms with E-state index in [2.05, 4.69) is 24.8 Å². The maximum absolute atomic E-state index is 4.45. The van der Waals surface area contributed by atoms with Gasteiger partial charge in [0.2, 0.25) is 0 Å². The molecule has 21 heavy (non-hydrogen) atoms. The van der Waals surface area contributed by atoms with Crippen molar-refractivity contribution in [3.63, 3.8) is 0 Å². The van der Waals surface area contributed by atoms with Crippen molar-refractivity contribution in [3.8, 4) is 0 Å². The van der Waals surface area contributed by atoms with Gasteiger partial charge in [-0.15, -0.1) is 24.0 Å². The number of hydrogen-bond donors (Lipinski definition) is 1. The Labute approximate surface area is 144 Å². The molecule has 1 N–H and O–H groups in total. The summed E-state index contributed by atoms with van der Waals surface area (Å²) in [4.78, 5) is 11.0. The van der Waals surface area contributed by atoms with Gasteiger partial charge in [-0.25, -0.2) is 4.98 Å². The van der Waals surface area contributed by atoms with E-state index in [1.165, 1.54) is 38.6 Å². The fourth-order valence-electron chi connectivity index (χ4n) is 3.70. The normalized spacial score (nSPS) is 20.8. The van der Waals surface area contributed by atoms with E-state index in [0.717, 1.165) is 25.6 Å². The van der Waals surface area contributed by atoms with Crippen LogP contribution in [0.3, 0.4) is 0 Å². The zero-order chi connectivity index (χ0) is 13.8. The molecule has 2 heterocycles. The van der Waals surface area contributed by atoms with Crippen molar-refractivity contribution in [3.05, 3.63) is 18.7 Å². The third-order valence-electron chi connectivity index (χ3n) is 4.83. The zero-order valence-electron chi connectivity index (χ0n) is 12.8. The maximum atomic E-state index is 4.45. The number of nitrogens with zero attached hydrogens (tertiary/aromatic N) is 4. The highest BCUT2D eigenvalue weighted by atomic mass is 127. The number of nitrogens with one attached hydrogen (secondary N) is 1. The molecule has 1 aromatic rings. The van der Waals surface area contributed by atoms with Crippen molar-refractivity contribution < 1.29 is 0 Å². The molecule has 2 fully saturated rings. The Morgan fingerprint density at radius 1 is 1.33 bits per heavy atom. The van der Waals surface area contributed by atoms with Gasteiger partial charge in [0, 0.05) is 45.6 Å². The first kappa shape index (κ1) is 16.6. The smallest absolute Gasteiger partial charge is 0.193 e. The first-order chi connectivity index (χ1) is 9.81. The molecule has 1 aliphatic heterocycles. The molecule has 5 nitrogen and oxygen atoms in total.